The maximum Gasteiger partial charge on any atom is 0.115 e. The van der Waals surface area contributed by atoms with Gasteiger partial charge in [0.25, 0.3) is 0 Å². The van der Waals surface area contributed by atoms with Gasteiger partial charge in [0.15, 0.2) is 0 Å². The molecule has 0 aliphatic heterocycles. The first kappa shape index (κ1) is 8.57. The third kappa shape index (κ3) is 1.22. The van der Waals surface area contributed by atoms with Crippen molar-refractivity contribution < 1.29 is 5.11 Å². The van der Waals surface area contributed by atoms with Crippen molar-refractivity contribution in [2.24, 2.45) is 5.73 Å². The van der Waals surface area contributed by atoms with E-state index in [4.69, 9.17) is 5.73 Å². The van der Waals surface area contributed by atoms with Gasteiger partial charge in [-0.05, 0) is 30.5 Å². The molecule has 1 saturated carbocycles. The Morgan fingerprint density at radius 2 is 2.31 bits per heavy atom. The summed E-state index contributed by atoms with van der Waals surface area (Å²) < 4.78 is 0. The molecule has 13 heavy (non-hydrogen) atoms. The van der Waals surface area contributed by atoms with Crippen LogP contribution < -0.4 is 5.73 Å². The molecule has 2 rings (SSSR count). The van der Waals surface area contributed by atoms with Crippen LogP contribution in [-0.4, -0.2) is 11.1 Å². The minimum absolute atomic E-state index is 0.152. The highest BCUT2D eigenvalue weighted by Gasteiger charge is 2.51. The number of rotatable bonds is 2. The summed E-state index contributed by atoms with van der Waals surface area (Å²) in [6.45, 7) is 2.15. The first-order valence-corrected chi connectivity index (χ1v) is 4.74. The lowest BCUT2D eigenvalue weighted by molar-refractivity contribution is 0.472. The Hall–Kier alpha value is -1.02. The molecular formula is C11H15NO. The topological polar surface area (TPSA) is 46.2 Å². The number of aromatic hydroxyl groups is 1. The zero-order valence-corrected chi connectivity index (χ0v) is 7.83. The second-order valence-electron chi connectivity index (χ2n) is 3.87. The van der Waals surface area contributed by atoms with E-state index in [9.17, 15) is 5.11 Å². The maximum absolute atomic E-state index is 9.35. The van der Waals surface area contributed by atoms with Crippen molar-refractivity contribution in [3.05, 3.63) is 29.8 Å². The molecule has 1 aliphatic rings. The smallest absolute Gasteiger partial charge is 0.115 e. The van der Waals surface area contributed by atoms with Crippen molar-refractivity contribution in [3.8, 4) is 5.75 Å². The zero-order chi connectivity index (χ0) is 9.47. The van der Waals surface area contributed by atoms with E-state index in [1.54, 1.807) is 6.07 Å². The van der Waals surface area contributed by atoms with Crippen molar-refractivity contribution in [1.29, 1.82) is 0 Å². The predicted octanol–water partition coefficient (Wildman–Crippen LogP) is 1.77. The molecule has 2 heteroatoms. The van der Waals surface area contributed by atoms with Gasteiger partial charge in [-0.1, -0.05) is 19.1 Å². The number of phenolic OH excluding ortho intramolecular Hbond substituents is 1. The van der Waals surface area contributed by atoms with E-state index in [2.05, 4.69) is 13.0 Å². The highest BCUT2D eigenvalue weighted by atomic mass is 16.3. The average molecular weight is 177 g/mol. The third-order valence-corrected chi connectivity index (χ3v) is 3.19. The third-order valence-electron chi connectivity index (χ3n) is 3.19. The fourth-order valence-corrected chi connectivity index (χ4v) is 2.09. The number of hydrogen-bond donors (Lipinski definition) is 2. The van der Waals surface area contributed by atoms with E-state index in [-0.39, 0.29) is 11.5 Å². The van der Waals surface area contributed by atoms with Crippen LogP contribution in [0.4, 0.5) is 0 Å². The number of benzene rings is 1. The van der Waals surface area contributed by atoms with Gasteiger partial charge < -0.3 is 10.8 Å². The van der Waals surface area contributed by atoms with Crippen molar-refractivity contribution >= 4 is 0 Å². The maximum atomic E-state index is 9.35. The highest BCUT2D eigenvalue weighted by molar-refractivity contribution is 5.39. The Morgan fingerprint density at radius 3 is 2.77 bits per heavy atom. The van der Waals surface area contributed by atoms with Gasteiger partial charge in [0.1, 0.15) is 5.75 Å². The van der Waals surface area contributed by atoms with Crippen LogP contribution >= 0.6 is 0 Å². The van der Waals surface area contributed by atoms with Gasteiger partial charge in [-0.3, -0.25) is 0 Å². The van der Waals surface area contributed by atoms with E-state index < -0.39 is 0 Å². The fourth-order valence-electron chi connectivity index (χ4n) is 2.09. The van der Waals surface area contributed by atoms with Gasteiger partial charge in [0.05, 0.1) is 0 Å². The van der Waals surface area contributed by atoms with Gasteiger partial charge in [0, 0.05) is 11.5 Å². The minimum atomic E-state index is 0.152. The van der Waals surface area contributed by atoms with Crippen molar-refractivity contribution in [1.82, 2.24) is 0 Å². The molecule has 1 fully saturated rings. The fraction of sp³-hybridized carbons (Fsp3) is 0.455. The van der Waals surface area contributed by atoms with E-state index in [1.165, 1.54) is 5.56 Å². The first-order chi connectivity index (χ1) is 6.19. The summed E-state index contributed by atoms with van der Waals surface area (Å²) in [5, 5.41) is 9.35. The molecule has 0 radical (unpaired) electrons. The Morgan fingerprint density at radius 1 is 1.62 bits per heavy atom. The lowest BCUT2D eigenvalue weighted by Gasteiger charge is -2.14. The highest BCUT2D eigenvalue weighted by Crippen LogP contribution is 2.50. The van der Waals surface area contributed by atoms with Crippen LogP contribution in [0.25, 0.3) is 0 Å². The number of hydrogen-bond acceptors (Lipinski definition) is 2. The molecule has 2 atom stereocenters. The van der Waals surface area contributed by atoms with Crippen LogP contribution in [0, 0.1) is 0 Å². The Balaban J connectivity index is 2.35. The minimum Gasteiger partial charge on any atom is -0.508 e. The summed E-state index contributed by atoms with van der Waals surface area (Å²) in [6, 6.07) is 7.74. The van der Waals surface area contributed by atoms with Gasteiger partial charge >= 0.3 is 0 Å². The predicted molar refractivity (Wildman–Crippen MR) is 52.7 cm³/mol. The van der Waals surface area contributed by atoms with Gasteiger partial charge in [-0.2, -0.15) is 0 Å². The molecule has 0 aromatic heterocycles. The molecule has 0 saturated heterocycles. The lowest BCUT2D eigenvalue weighted by Crippen LogP contribution is -2.17. The van der Waals surface area contributed by atoms with Crippen LogP contribution in [0.1, 0.15) is 25.3 Å². The number of nitrogens with two attached hydrogens (primary N) is 1. The largest absolute Gasteiger partial charge is 0.508 e. The van der Waals surface area contributed by atoms with Crippen LogP contribution in [-0.2, 0) is 5.41 Å². The van der Waals surface area contributed by atoms with E-state index in [0.717, 1.165) is 12.8 Å². The van der Waals surface area contributed by atoms with Crippen molar-refractivity contribution in [2.45, 2.75) is 31.2 Å². The molecule has 70 valence electrons. The SMILES string of the molecule is CCC1(c2cccc(O)c2)C[C@H]1N. The Labute approximate surface area is 78.4 Å². The van der Waals surface area contributed by atoms with Crippen LogP contribution in [0.2, 0.25) is 0 Å². The summed E-state index contributed by atoms with van der Waals surface area (Å²) in [5.41, 5.74) is 7.25. The van der Waals surface area contributed by atoms with E-state index >= 15 is 0 Å². The van der Waals surface area contributed by atoms with Gasteiger partial charge in [-0.15, -0.1) is 0 Å². The summed E-state index contributed by atoms with van der Waals surface area (Å²) in [4.78, 5) is 0. The quantitative estimate of drug-likeness (QED) is 0.723. The molecule has 1 aromatic carbocycles. The van der Waals surface area contributed by atoms with E-state index in [1.807, 2.05) is 12.1 Å². The summed E-state index contributed by atoms with van der Waals surface area (Å²) in [7, 11) is 0. The molecular weight excluding hydrogens is 162 g/mol. The first-order valence-electron chi connectivity index (χ1n) is 4.74. The standard InChI is InChI=1S/C11H15NO/c1-2-11(7-10(11)12)8-4-3-5-9(13)6-8/h3-6,10,13H,2,7,12H2,1H3/t10-,11?/m1/s1. The molecule has 1 aliphatic carbocycles. The van der Waals surface area contributed by atoms with Crippen LogP contribution in [0.3, 0.4) is 0 Å². The van der Waals surface area contributed by atoms with Crippen molar-refractivity contribution in [2.75, 3.05) is 0 Å². The van der Waals surface area contributed by atoms with Crippen LogP contribution in [0.15, 0.2) is 24.3 Å². The number of phenols is 1. The van der Waals surface area contributed by atoms with Crippen LogP contribution in [0.5, 0.6) is 5.75 Å². The monoisotopic (exact) mass is 177 g/mol. The van der Waals surface area contributed by atoms with Gasteiger partial charge in [-0.25, -0.2) is 0 Å². The molecule has 0 spiro atoms. The second kappa shape index (κ2) is 2.74. The normalized spacial score (nSPS) is 31.7. The zero-order valence-electron chi connectivity index (χ0n) is 7.83. The molecule has 0 bridgehead atoms. The second-order valence-corrected chi connectivity index (χ2v) is 3.87. The summed E-state index contributed by atoms with van der Waals surface area (Å²) >= 11 is 0. The molecule has 1 unspecified atom stereocenters. The summed E-state index contributed by atoms with van der Waals surface area (Å²) in [6.07, 6.45) is 2.10. The average Bonchev–Trinajstić information content (AvgIpc) is 2.78. The Bertz CT molecular complexity index is 320. The van der Waals surface area contributed by atoms with E-state index in [0.29, 0.717) is 5.75 Å². The molecule has 0 heterocycles. The molecule has 2 nitrogen and oxygen atoms in total. The summed E-state index contributed by atoms with van der Waals surface area (Å²) in [5.74, 6) is 0.337. The van der Waals surface area contributed by atoms with Crippen molar-refractivity contribution in [3.63, 3.8) is 0 Å². The Kier molecular flexibility index (Phi) is 1.81. The molecule has 0 amide bonds. The lowest BCUT2D eigenvalue weighted by atomic mass is 9.92. The molecule has 3 N–H and O–H groups in total. The van der Waals surface area contributed by atoms with Gasteiger partial charge in [0.2, 0.25) is 0 Å². The molecule has 1 aromatic rings.